The Morgan fingerprint density at radius 2 is 1.43 bits per heavy atom. The van der Waals surface area contributed by atoms with Gasteiger partial charge in [0.15, 0.2) is 0 Å². The van der Waals surface area contributed by atoms with Crippen molar-refractivity contribution in [1.82, 2.24) is 6.15 Å². The molecule has 0 atom stereocenters. The Labute approximate surface area is 143 Å². The molecule has 0 amide bonds. The maximum absolute atomic E-state index is 11.8. The third-order valence-corrected chi connectivity index (χ3v) is 2.77. The Balaban J connectivity index is 0. The van der Waals surface area contributed by atoms with E-state index in [0.29, 0.717) is 0 Å². The van der Waals surface area contributed by atoms with E-state index in [9.17, 15) is 4.79 Å². The van der Waals surface area contributed by atoms with Crippen LogP contribution in [0.1, 0.15) is 81.3 Å². The van der Waals surface area contributed by atoms with Crippen LogP contribution in [0.3, 0.4) is 0 Å². The van der Waals surface area contributed by atoms with Crippen LogP contribution in [0, 0.1) is 31.6 Å². The summed E-state index contributed by atoms with van der Waals surface area (Å²) in [7, 11) is 0. The highest BCUT2D eigenvalue weighted by atomic mass is 16.1. The van der Waals surface area contributed by atoms with Gasteiger partial charge < -0.3 is 6.15 Å². The molecule has 0 aromatic heterocycles. The van der Waals surface area contributed by atoms with Crippen LogP contribution < -0.4 is 6.15 Å². The average molecular weight is 318 g/mol. The average Bonchev–Trinajstić information content (AvgIpc) is 3.23. The van der Waals surface area contributed by atoms with Gasteiger partial charge in [-0.2, -0.15) is 0 Å². The van der Waals surface area contributed by atoms with E-state index in [0.717, 1.165) is 29.0 Å². The first-order valence-corrected chi connectivity index (χ1v) is 8.59. The second kappa shape index (κ2) is 14.0. The molecule has 3 N–H and O–H groups in total. The van der Waals surface area contributed by atoms with Gasteiger partial charge in [0.05, 0.1) is 0 Å². The van der Waals surface area contributed by atoms with E-state index in [1.165, 1.54) is 25.7 Å². The molecule has 23 heavy (non-hydrogen) atoms. The van der Waals surface area contributed by atoms with Gasteiger partial charge in [0.1, 0.15) is 0 Å². The van der Waals surface area contributed by atoms with Gasteiger partial charge in [0, 0.05) is 12.0 Å². The molecule has 0 saturated heterocycles. The van der Waals surface area contributed by atoms with Gasteiger partial charge >= 0.3 is 0 Å². The maximum atomic E-state index is 11.8. The topological polar surface area (TPSA) is 52.1 Å². The highest BCUT2D eigenvalue weighted by Gasteiger charge is 2.19. The molecule has 130 valence electrons. The molecule has 1 aromatic carbocycles. The molecule has 1 saturated carbocycles. The number of carbonyl (C=O) groups is 1. The Bertz CT molecular complexity index is 482. The van der Waals surface area contributed by atoms with Crippen LogP contribution in [-0.4, -0.2) is 5.78 Å². The lowest BCUT2D eigenvalue weighted by atomic mass is 10.0. The van der Waals surface area contributed by atoms with E-state index in [4.69, 9.17) is 0 Å². The third-order valence-electron chi connectivity index (χ3n) is 2.77. The Kier molecular flexibility index (Phi) is 14.4. The zero-order chi connectivity index (χ0) is 17.0. The Morgan fingerprint density at radius 3 is 1.83 bits per heavy atom. The molecule has 2 heteroatoms. The summed E-state index contributed by atoms with van der Waals surface area (Å²) >= 11 is 0. The lowest BCUT2D eigenvalue weighted by Crippen LogP contribution is -1.96. The summed E-state index contributed by atoms with van der Waals surface area (Å²) in [6, 6.07) is 5.87. The van der Waals surface area contributed by atoms with Crippen LogP contribution in [0.15, 0.2) is 18.2 Å². The molecule has 0 heterocycles. The second-order valence-electron chi connectivity index (χ2n) is 6.07. The molecule has 0 radical (unpaired) electrons. The number of Topliss-reactive ketones (excluding diaryl/α,β-unsaturated/α-hetero) is 1. The van der Waals surface area contributed by atoms with Crippen LogP contribution in [0.5, 0.6) is 0 Å². The lowest BCUT2D eigenvalue weighted by molar-refractivity contribution is 0.105. The van der Waals surface area contributed by atoms with E-state index in [1.54, 1.807) is 0 Å². The molecule has 0 unspecified atom stereocenters. The van der Waals surface area contributed by atoms with Crippen LogP contribution in [0.25, 0.3) is 0 Å². The minimum Gasteiger partial charge on any atom is -0.344 e. The molecule has 2 nitrogen and oxygen atoms in total. The number of benzene rings is 1. The van der Waals surface area contributed by atoms with E-state index in [-0.39, 0.29) is 11.9 Å². The SMILES string of the molecule is CCC.CCC.Cc1cc(C)cc(C(=O)C#CCC2CC2)c1.N. The normalized spacial score (nSPS) is 11.4. The van der Waals surface area contributed by atoms with E-state index >= 15 is 0 Å². The van der Waals surface area contributed by atoms with E-state index < -0.39 is 0 Å². The number of hydrogen-bond acceptors (Lipinski definition) is 2. The molecule has 1 aliphatic rings. The summed E-state index contributed by atoms with van der Waals surface area (Å²) in [5.74, 6) is 6.44. The van der Waals surface area contributed by atoms with Crippen molar-refractivity contribution in [2.24, 2.45) is 5.92 Å². The number of carbonyl (C=O) groups excluding carboxylic acids is 1. The minimum atomic E-state index is -0.0487. The van der Waals surface area contributed by atoms with Crippen LogP contribution in [0.4, 0.5) is 0 Å². The molecule has 2 rings (SSSR count). The summed E-state index contributed by atoms with van der Waals surface area (Å²) in [4.78, 5) is 11.8. The van der Waals surface area contributed by atoms with Gasteiger partial charge in [0.25, 0.3) is 0 Å². The smallest absolute Gasteiger partial charge is 0.235 e. The first-order chi connectivity index (χ1) is 10.5. The van der Waals surface area contributed by atoms with Gasteiger partial charge in [0.2, 0.25) is 5.78 Å². The van der Waals surface area contributed by atoms with Gasteiger partial charge in [-0.1, -0.05) is 63.7 Å². The van der Waals surface area contributed by atoms with Crippen molar-refractivity contribution in [2.45, 2.75) is 73.6 Å². The van der Waals surface area contributed by atoms with Gasteiger partial charge in [-0.15, -0.1) is 0 Å². The lowest BCUT2D eigenvalue weighted by Gasteiger charge is -1.99. The van der Waals surface area contributed by atoms with Crippen molar-refractivity contribution in [1.29, 1.82) is 0 Å². The van der Waals surface area contributed by atoms with Crippen molar-refractivity contribution in [3.8, 4) is 11.8 Å². The minimum absolute atomic E-state index is 0. The fourth-order valence-corrected chi connectivity index (χ4v) is 1.78. The molecule has 1 aromatic rings. The first-order valence-electron chi connectivity index (χ1n) is 8.59. The van der Waals surface area contributed by atoms with Crippen LogP contribution in [0.2, 0.25) is 0 Å². The predicted molar refractivity (Wildman–Crippen MR) is 102 cm³/mol. The van der Waals surface area contributed by atoms with Crippen LogP contribution in [-0.2, 0) is 0 Å². The van der Waals surface area contributed by atoms with Crippen molar-refractivity contribution in [3.05, 3.63) is 34.9 Å². The predicted octanol–water partition coefficient (Wildman–Crippen LogP) is 6.28. The number of ketones is 1. The highest BCUT2D eigenvalue weighted by Crippen LogP contribution is 2.31. The molecule has 1 fully saturated rings. The number of aryl methyl sites for hydroxylation is 2. The molecular formula is C21H35NO. The zero-order valence-electron chi connectivity index (χ0n) is 16.0. The van der Waals surface area contributed by atoms with E-state index in [2.05, 4.69) is 45.6 Å². The molecule has 0 bridgehead atoms. The first kappa shape index (κ1) is 23.7. The maximum Gasteiger partial charge on any atom is 0.235 e. The van der Waals surface area contributed by atoms with Crippen molar-refractivity contribution in [3.63, 3.8) is 0 Å². The summed E-state index contributed by atoms with van der Waals surface area (Å²) in [5, 5.41) is 0. The molecule has 0 spiro atoms. The number of rotatable bonds is 2. The van der Waals surface area contributed by atoms with Crippen LogP contribution >= 0.6 is 0 Å². The van der Waals surface area contributed by atoms with Crippen molar-refractivity contribution < 1.29 is 4.79 Å². The quantitative estimate of drug-likeness (QED) is 0.396. The second-order valence-corrected chi connectivity index (χ2v) is 6.07. The Morgan fingerprint density at radius 1 is 1.00 bits per heavy atom. The largest absolute Gasteiger partial charge is 0.344 e. The fraction of sp³-hybridized carbons (Fsp3) is 0.571. The third kappa shape index (κ3) is 12.6. The van der Waals surface area contributed by atoms with Gasteiger partial charge in [-0.25, -0.2) is 0 Å². The van der Waals surface area contributed by atoms with Crippen molar-refractivity contribution >= 4 is 5.78 Å². The highest BCUT2D eigenvalue weighted by molar-refractivity contribution is 6.09. The fourth-order valence-electron chi connectivity index (χ4n) is 1.78. The van der Waals surface area contributed by atoms with Crippen molar-refractivity contribution in [2.75, 3.05) is 0 Å². The summed E-state index contributed by atoms with van der Waals surface area (Å²) in [6.07, 6.45) is 5.95. The summed E-state index contributed by atoms with van der Waals surface area (Å²) in [5.41, 5.74) is 2.96. The number of hydrogen-bond donors (Lipinski definition) is 1. The molecule has 1 aliphatic carbocycles. The standard InChI is InChI=1S/C15H16O.2C3H8.H3N/c1-11-8-12(2)10-14(9-11)15(16)5-3-4-13-6-7-13;2*1-3-2;/h8-10,13H,4,6-7H2,1-2H3;2*3H2,1-2H3;1H3. The zero-order valence-corrected chi connectivity index (χ0v) is 16.0. The summed E-state index contributed by atoms with van der Waals surface area (Å²) in [6.45, 7) is 12.5. The van der Waals surface area contributed by atoms with Gasteiger partial charge in [-0.3, -0.25) is 4.79 Å². The Hall–Kier alpha value is -1.59. The molecular weight excluding hydrogens is 282 g/mol. The summed E-state index contributed by atoms with van der Waals surface area (Å²) < 4.78 is 0. The van der Waals surface area contributed by atoms with E-state index in [1.807, 2.05) is 26.0 Å². The van der Waals surface area contributed by atoms with Gasteiger partial charge in [-0.05, 0) is 50.7 Å². The molecule has 0 aliphatic heterocycles. The monoisotopic (exact) mass is 317 g/mol.